The van der Waals surface area contributed by atoms with Gasteiger partial charge in [-0.2, -0.15) is 0 Å². The van der Waals surface area contributed by atoms with Crippen molar-refractivity contribution in [3.8, 4) is 5.75 Å². The maximum absolute atomic E-state index is 12.2. The van der Waals surface area contributed by atoms with E-state index in [1.165, 1.54) is 19.8 Å². The predicted octanol–water partition coefficient (Wildman–Crippen LogP) is 2.31. The summed E-state index contributed by atoms with van der Waals surface area (Å²) >= 11 is 0. The number of hydrogen-bond donors (Lipinski definition) is 2. The summed E-state index contributed by atoms with van der Waals surface area (Å²) in [6.07, 6.45) is 5.67. The van der Waals surface area contributed by atoms with Crippen molar-refractivity contribution in [2.75, 3.05) is 26.7 Å². The molecule has 0 aliphatic carbocycles. The van der Waals surface area contributed by atoms with E-state index in [0.717, 1.165) is 24.9 Å². The molecule has 0 atom stereocenters. The number of rotatable bonds is 12. The topological polar surface area (TPSA) is 117 Å². The van der Waals surface area contributed by atoms with E-state index < -0.39 is 5.91 Å². The number of carbonyl (C=O) groups is 3. The van der Waals surface area contributed by atoms with E-state index in [1.54, 1.807) is 15.9 Å². The third-order valence-electron chi connectivity index (χ3n) is 5.15. The van der Waals surface area contributed by atoms with Crippen LogP contribution >= 0.6 is 0 Å². The lowest BCUT2D eigenvalue weighted by Gasteiger charge is -2.29. The molecule has 3 amide bonds. The van der Waals surface area contributed by atoms with Gasteiger partial charge < -0.3 is 20.3 Å². The predicted molar refractivity (Wildman–Crippen MR) is 123 cm³/mol. The van der Waals surface area contributed by atoms with Crippen LogP contribution in [0.3, 0.4) is 0 Å². The molecule has 9 heteroatoms. The molecule has 3 N–H and O–H groups in total. The first-order valence-electron chi connectivity index (χ1n) is 11.2. The Labute approximate surface area is 190 Å². The number of nitrogens with zero attached hydrogens (tertiary/aromatic N) is 3. The monoisotopic (exact) mass is 445 g/mol. The fourth-order valence-corrected chi connectivity index (χ4v) is 3.44. The molecule has 0 saturated heterocycles. The second-order valence-corrected chi connectivity index (χ2v) is 8.06. The Morgan fingerprint density at radius 1 is 1.22 bits per heavy atom. The first-order chi connectivity index (χ1) is 15.3. The van der Waals surface area contributed by atoms with Gasteiger partial charge in [0.25, 0.3) is 0 Å². The maximum Gasteiger partial charge on any atom is 0.237 e. The number of guanidine groups is 1. The quantitative estimate of drug-likeness (QED) is 0.479. The van der Waals surface area contributed by atoms with Gasteiger partial charge in [0.05, 0.1) is 18.8 Å². The van der Waals surface area contributed by atoms with Gasteiger partial charge in [-0.05, 0) is 31.0 Å². The van der Waals surface area contributed by atoms with Gasteiger partial charge in [-0.25, -0.2) is 4.99 Å². The fourth-order valence-electron chi connectivity index (χ4n) is 3.44. The van der Waals surface area contributed by atoms with Crippen molar-refractivity contribution in [2.45, 2.75) is 58.9 Å². The molecule has 9 nitrogen and oxygen atoms in total. The Balaban J connectivity index is 1.87. The highest BCUT2D eigenvalue weighted by molar-refractivity contribution is 5.99. The molecule has 1 aromatic carbocycles. The summed E-state index contributed by atoms with van der Waals surface area (Å²) in [4.78, 5) is 42.9. The number of amides is 3. The molecule has 176 valence electrons. The number of aliphatic imine (C=N–C) groups is 1. The van der Waals surface area contributed by atoms with Gasteiger partial charge >= 0.3 is 0 Å². The summed E-state index contributed by atoms with van der Waals surface area (Å²) in [6, 6.07) is 5.47. The van der Waals surface area contributed by atoms with E-state index in [-0.39, 0.29) is 18.4 Å². The third-order valence-corrected chi connectivity index (χ3v) is 5.15. The van der Waals surface area contributed by atoms with Crippen molar-refractivity contribution >= 4 is 29.4 Å². The maximum atomic E-state index is 12.2. The Morgan fingerprint density at radius 3 is 2.69 bits per heavy atom. The zero-order valence-electron chi connectivity index (χ0n) is 19.4. The summed E-state index contributed by atoms with van der Waals surface area (Å²) in [6.45, 7) is 5.09. The number of carbonyl (C=O) groups excluding carboxylic acids is 3. The highest BCUT2D eigenvalue weighted by atomic mass is 16.5. The van der Waals surface area contributed by atoms with Crippen molar-refractivity contribution in [3.63, 3.8) is 0 Å². The number of nitrogens with one attached hydrogen (secondary N) is 1. The third kappa shape index (κ3) is 8.20. The number of primary amides is 1. The van der Waals surface area contributed by atoms with E-state index >= 15 is 0 Å². The van der Waals surface area contributed by atoms with E-state index in [0.29, 0.717) is 43.4 Å². The first kappa shape index (κ1) is 25.2. The minimum atomic E-state index is -0.515. The highest BCUT2D eigenvalue weighted by Crippen LogP contribution is 2.29. The molecule has 2 rings (SSSR count). The number of benzene rings is 1. The SMILES string of the molecule is CCCCCCN(C)C(=O)CCCOc1ccc2c(c1)CN(CC(N)=O)C(NC(C)=O)=N2. The summed E-state index contributed by atoms with van der Waals surface area (Å²) < 4.78 is 5.82. The van der Waals surface area contributed by atoms with E-state index in [1.807, 2.05) is 19.2 Å². The summed E-state index contributed by atoms with van der Waals surface area (Å²) in [7, 11) is 1.85. The molecule has 0 fully saturated rings. The largest absolute Gasteiger partial charge is 0.494 e. The van der Waals surface area contributed by atoms with Gasteiger partial charge in [0.2, 0.25) is 23.7 Å². The van der Waals surface area contributed by atoms with Crippen LogP contribution in [0.2, 0.25) is 0 Å². The van der Waals surface area contributed by atoms with E-state index in [2.05, 4.69) is 17.2 Å². The normalized spacial score (nSPS) is 12.6. The van der Waals surface area contributed by atoms with Gasteiger partial charge in [-0.3, -0.25) is 19.7 Å². The molecule has 1 aromatic rings. The van der Waals surface area contributed by atoms with E-state index in [4.69, 9.17) is 10.5 Å². The van der Waals surface area contributed by atoms with Crippen LogP contribution in [0, 0.1) is 0 Å². The molecular weight excluding hydrogens is 410 g/mol. The molecule has 0 bridgehead atoms. The molecule has 0 saturated carbocycles. The minimum absolute atomic E-state index is 0.0578. The average molecular weight is 446 g/mol. The van der Waals surface area contributed by atoms with Gasteiger partial charge in [0.1, 0.15) is 5.75 Å². The average Bonchev–Trinajstić information content (AvgIpc) is 2.73. The molecule has 0 aromatic heterocycles. The molecule has 1 aliphatic rings. The number of hydrogen-bond acceptors (Lipinski definition) is 6. The second kappa shape index (κ2) is 12.7. The van der Waals surface area contributed by atoms with Crippen molar-refractivity contribution in [2.24, 2.45) is 10.7 Å². The van der Waals surface area contributed by atoms with Gasteiger partial charge in [0, 0.05) is 39.0 Å². The molecule has 32 heavy (non-hydrogen) atoms. The summed E-state index contributed by atoms with van der Waals surface area (Å²) in [5.41, 5.74) is 6.89. The van der Waals surface area contributed by atoms with Crippen LogP contribution in [-0.2, 0) is 20.9 Å². The van der Waals surface area contributed by atoms with E-state index in [9.17, 15) is 14.4 Å². The molecule has 0 unspecified atom stereocenters. The van der Waals surface area contributed by atoms with Crippen molar-refractivity contribution in [1.29, 1.82) is 0 Å². The van der Waals surface area contributed by atoms with Gasteiger partial charge in [0.15, 0.2) is 0 Å². The minimum Gasteiger partial charge on any atom is -0.494 e. The van der Waals surface area contributed by atoms with Crippen LogP contribution in [0.1, 0.15) is 57.9 Å². The van der Waals surface area contributed by atoms with Crippen molar-refractivity contribution in [3.05, 3.63) is 23.8 Å². The van der Waals surface area contributed by atoms with Crippen LogP contribution in [0.4, 0.5) is 5.69 Å². The van der Waals surface area contributed by atoms with Crippen LogP contribution < -0.4 is 15.8 Å². The number of unbranched alkanes of at least 4 members (excludes halogenated alkanes) is 3. The number of fused-ring (bicyclic) bond motifs is 1. The Morgan fingerprint density at radius 2 is 2.00 bits per heavy atom. The Hall–Kier alpha value is -3.10. The second-order valence-electron chi connectivity index (χ2n) is 8.06. The van der Waals surface area contributed by atoms with Crippen molar-refractivity contribution in [1.82, 2.24) is 15.1 Å². The van der Waals surface area contributed by atoms with Crippen LogP contribution in [0.5, 0.6) is 5.75 Å². The van der Waals surface area contributed by atoms with Gasteiger partial charge in [-0.1, -0.05) is 26.2 Å². The molecule has 0 spiro atoms. The van der Waals surface area contributed by atoms with Gasteiger partial charge in [-0.15, -0.1) is 0 Å². The summed E-state index contributed by atoms with van der Waals surface area (Å²) in [5.74, 6) is 0.315. The lowest BCUT2D eigenvalue weighted by molar-refractivity contribution is -0.130. The highest BCUT2D eigenvalue weighted by Gasteiger charge is 2.22. The lowest BCUT2D eigenvalue weighted by Crippen LogP contribution is -2.47. The molecule has 0 radical (unpaired) electrons. The standard InChI is InChI=1S/C23H35N5O4/c1-4-5-6-7-12-27(3)22(31)9-8-13-32-19-10-11-20-18(14-19)15-28(16-21(24)30)23(26-20)25-17(2)29/h10-11,14H,4-9,12-13,15-16H2,1-3H3,(H2,24,30)(H,25,26,29). The zero-order chi connectivity index (χ0) is 23.5. The van der Waals surface area contributed by atoms with Crippen LogP contribution in [-0.4, -0.2) is 60.2 Å². The number of ether oxygens (including phenoxy) is 1. The van der Waals surface area contributed by atoms with Crippen LogP contribution in [0.25, 0.3) is 0 Å². The molecule has 1 heterocycles. The Bertz CT molecular complexity index is 840. The zero-order valence-corrected chi connectivity index (χ0v) is 19.4. The van der Waals surface area contributed by atoms with Crippen molar-refractivity contribution < 1.29 is 19.1 Å². The number of nitrogens with two attached hydrogens (primary N) is 1. The smallest absolute Gasteiger partial charge is 0.237 e. The van der Waals surface area contributed by atoms with Crippen LogP contribution in [0.15, 0.2) is 23.2 Å². The molecular formula is C23H35N5O4. The molecule has 1 aliphatic heterocycles. The fraction of sp³-hybridized carbons (Fsp3) is 0.565. The summed E-state index contributed by atoms with van der Waals surface area (Å²) in [5, 5.41) is 2.64. The Kier molecular flexibility index (Phi) is 9.97. The first-order valence-corrected chi connectivity index (χ1v) is 11.2. The lowest BCUT2D eigenvalue weighted by atomic mass is 10.1.